The Morgan fingerprint density at radius 3 is 1.82 bits per heavy atom. The number of amides is 16. The number of aliphatic hydroxyl groups excluding tert-OH is 1. The lowest BCUT2D eigenvalue weighted by Gasteiger charge is -2.36. The Balaban J connectivity index is 1.12. The maximum atomic E-state index is 15.9. The summed E-state index contributed by atoms with van der Waals surface area (Å²) >= 11 is 0.656. The fourth-order valence-electron chi connectivity index (χ4n) is 17.2. The Labute approximate surface area is 803 Å². The molecule has 3 aromatic heterocycles. The molecule has 3 aliphatic rings. The number of rotatable bonds is 28. The maximum absolute atomic E-state index is 15.9. The molecule has 0 unspecified atom stereocenters. The van der Waals surface area contributed by atoms with Crippen molar-refractivity contribution in [3.05, 3.63) is 120 Å². The molecule has 47 heteroatoms. The number of aliphatic carboxylic acids is 3. The Morgan fingerprint density at radius 2 is 1.17 bits per heavy atom. The fraction of sp³-hybridized carbons (Fsp3) is 0.511. The molecule has 0 aliphatic carbocycles. The maximum Gasteiger partial charge on any atom is 0.323 e. The van der Waals surface area contributed by atoms with E-state index in [2.05, 4.69) is 62.8 Å². The lowest BCUT2D eigenvalue weighted by Crippen LogP contribution is -2.60. The van der Waals surface area contributed by atoms with Crippen LogP contribution >= 0.6 is 11.8 Å². The number of hydrogen-bond acceptors (Lipinski definition) is 25. The number of carboxylic acids is 3. The van der Waals surface area contributed by atoms with Gasteiger partial charge in [-0.25, -0.2) is 4.98 Å². The zero-order valence-electron chi connectivity index (χ0n) is 78.0. The molecule has 22 N–H and O–H groups in total. The van der Waals surface area contributed by atoms with E-state index in [-0.39, 0.29) is 82.3 Å². The van der Waals surface area contributed by atoms with Gasteiger partial charge in [0.2, 0.25) is 94.5 Å². The van der Waals surface area contributed by atoms with Crippen LogP contribution in [-0.2, 0) is 128 Å². The van der Waals surface area contributed by atoms with Gasteiger partial charge in [0.25, 0.3) is 0 Å². The molecule has 0 saturated carbocycles. The first-order valence-corrected chi connectivity index (χ1v) is 46.9. The molecule has 46 nitrogen and oxygen atoms in total. The number of carboxylic acid groups (broad SMARTS) is 3. The van der Waals surface area contributed by atoms with Crippen molar-refractivity contribution in [2.75, 3.05) is 58.8 Å². The van der Waals surface area contributed by atoms with Crippen LogP contribution in [-0.4, -0.2) is 331 Å². The van der Waals surface area contributed by atoms with E-state index in [1.807, 2.05) is 0 Å². The number of ketones is 1. The summed E-state index contributed by atoms with van der Waals surface area (Å²) in [6.07, 6.45) is -1.32. The summed E-state index contributed by atoms with van der Waals surface area (Å²) in [7, 11) is 3.66. The quantitative estimate of drug-likeness (QED) is 0.0234. The lowest BCUT2D eigenvalue weighted by molar-refractivity contribution is -0.149. The van der Waals surface area contributed by atoms with Crippen molar-refractivity contribution >= 4 is 152 Å². The second-order valence-electron chi connectivity index (χ2n) is 34.9. The second kappa shape index (κ2) is 51.2. The second-order valence-corrected chi connectivity index (χ2v) is 35.9. The van der Waals surface area contributed by atoms with Crippen molar-refractivity contribution in [2.45, 2.75) is 234 Å². The minimum absolute atomic E-state index is 0.0948. The number of para-hydroxylation sites is 2. The number of carbonyl (C=O) groups excluding carboxylic acids is 17. The molecule has 16 amide bonds. The summed E-state index contributed by atoms with van der Waals surface area (Å²) in [6.45, 7) is 2.30. The standard InChI is InChI=1S/C92H123N21O25S/c1-7-9-19-69-86(132)104-63(39-78(122)123)85(131)107-67(82(128)98-42-75(95)118)46-139-47-76(119)100-64(32-50-23-25-55(114)26-24-50)88(134)108(4)49(3)80(126)105-66(38-74(94)117)91(137)112-31-15-22-70(112)87(133)103-62(36-54-41-96-48-99-54)84(130)102-61(27-28-77(120)121)90(136)113-44-56(115)37-72(113)73(116)35-51(33-52-40-97-59-18-13-11-16-57(52)59)81(127)101-60(29-30-93)83(129)106-65(89(135)110(6)71(20-10-8-2)92(138)109(69)5)34-53-43-111(45-79(124)125)68-21-14-12-17-58(53)68/h11-14,16-18,21,23-26,40-41,43,48-49,51,56,60-67,69-72,97,114-115H,7-10,15,19-20,22,27-39,42,44-47,93H2,1-6H3,(H2,94,117)(H2,95,118)(H,96,99)(H,98,128)(H,100,119)(H,101,127)(H,102,130)(H,103,133)(H,104,132)(H,105,126)(H,106,129)(H,107,131)(H,120,121)(H,122,123)(H,124,125)/t49-,51+,56+,60-,61-,62-,63-,64-,65-,66-,67-,69-,70-,71-,72-/m0/s1. The van der Waals surface area contributed by atoms with E-state index in [4.69, 9.17) is 17.2 Å². The lowest BCUT2D eigenvalue weighted by atomic mass is 9.90. The van der Waals surface area contributed by atoms with Gasteiger partial charge in [-0.2, -0.15) is 0 Å². The average Bonchev–Trinajstić information content (AvgIpc) is 1.66. The monoisotopic (exact) mass is 1950 g/mol. The number of phenols is 1. The van der Waals surface area contributed by atoms with Crippen molar-refractivity contribution in [3.8, 4) is 5.75 Å². The molecule has 6 aromatic rings. The predicted octanol–water partition coefficient (Wildman–Crippen LogP) is -2.89. The molecule has 0 spiro atoms. The first-order valence-electron chi connectivity index (χ1n) is 45.8. The summed E-state index contributed by atoms with van der Waals surface area (Å²) in [5.74, 6) is -24.8. The number of thioether (sulfide) groups is 1. The number of benzene rings is 3. The summed E-state index contributed by atoms with van der Waals surface area (Å²) in [5.41, 5.74) is 19.6. The molecule has 139 heavy (non-hydrogen) atoms. The number of aromatic nitrogens is 4. The molecule has 752 valence electrons. The van der Waals surface area contributed by atoms with Gasteiger partial charge in [0.15, 0.2) is 5.78 Å². The number of aromatic hydroxyl groups is 1. The van der Waals surface area contributed by atoms with Crippen molar-refractivity contribution in [1.29, 1.82) is 0 Å². The molecular formula is C92H123N21O25S. The molecule has 15 atom stereocenters. The zero-order valence-corrected chi connectivity index (χ0v) is 78.8. The Kier molecular flexibility index (Phi) is 39.8. The minimum Gasteiger partial charge on any atom is -0.508 e. The van der Waals surface area contributed by atoms with E-state index in [1.54, 1.807) is 68.6 Å². The number of aromatic amines is 2. The number of fused-ring (bicyclic) bond motifs is 4. The number of H-pyrrole nitrogens is 2. The molecule has 3 aromatic carbocycles. The first kappa shape index (κ1) is 108. The van der Waals surface area contributed by atoms with Crippen LogP contribution in [0.1, 0.15) is 139 Å². The SMILES string of the molecule is CCCC[C@H]1C(=O)N(C)[C@@H](CCCC)C(=O)N[C@@H](CC(=O)O)C(=O)N[C@H](C(=O)NCC(N)=O)CSCC(=O)N[C@@H](Cc2ccc(O)cc2)C(=O)N(C)[C@@H](C)C(=O)N[C@@H](CC(N)=O)C(=O)N2CCC[C@H]2C(=O)N[C@@H](Cc2c[nH]cn2)C(=O)N[C@@H](CCC(=O)O)C(=O)N2C[C@H](O)C[C@H]2C(=O)C[C@@H](Cc2c[nH]c3ccccc23)C(=O)N[C@@H](CCN)C(=O)N[C@@H](Cc2cn(CC(=O)O)c3ccccc23)C(=O)N1C. The van der Waals surface area contributed by atoms with Crippen LogP contribution < -0.4 is 65.1 Å². The highest BCUT2D eigenvalue weighted by molar-refractivity contribution is 8.00. The number of nitrogens with one attached hydrogen (secondary N) is 11. The zero-order chi connectivity index (χ0) is 102. The third-order valence-electron chi connectivity index (χ3n) is 24.7. The highest BCUT2D eigenvalue weighted by atomic mass is 32.2. The number of aliphatic hydroxyl groups is 1. The average molecular weight is 1960 g/mol. The van der Waals surface area contributed by atoms with E-state index in [1.165, 1.54) is 68.6 Å². The number of Topliss-reactive ketones (excluding diaryl/α,β-unsaturated/α-hetero) is 1. The Hall–Kier alpha value is -14.4. The van der Waals surface area contributed by atoms with E-state index in [0.29, 0.717) is 63.1 Å². The molecule has 9 rings (SSSR count). The van der Waals surface area contributed by atoms with E-state index in [9.17, 15) is 83.1 Å². The molecule has 6 heterocycles. The highest BCUT2D eigenvalue weighted by Gasteiger charge is 2.47. The van der Waals surface area contributed by atoms with Gasteiger partial charge in [-0.3, -0.25) is 95.9 Å². The van der Waals surface area contributed by atoms with Crippen LogP contribution in [0.15, 0.2) is 97.7 Å². The van der Waals surface area contributed by atoms with Gasteiger partial charge in [0.05, 0.1) is 49.3 Å². The number of phenolic OH excluding ortho intramolecular Hbond substituents is 1. The van der Waals surface area contributed by atoms with Gasteiger partial charge in [0, 0.05) is 125 Å². The van der Waals surface area contributed by atoms with Gasteiger partial charge in [-0.05, 0) is 99.4 Å². The Morgan fingerprint density at radius 1 is 0.554 bits per heavy atom. The topological polar surface area (TPSA) is 694 Å². The fourth-order valence-corrected chi connectivity index (χ4v) is 18.0. The molecular weight excluding hydrogens is 1830 g/mol. The smallest absolute Gasteiger partial charge is 0.323 e. The van der Waals surface area contributed by atoms with Crippen molar-refractivity contribution in [3.63, 3.8) is 0 Å². The largest absolute Gasteiger partial charge is 0.508 e. The van der Waals surface area contributed by atoms with Gasteiger partial charge in [-0.1, -0.05) is 88.1 Å². The van der Waals surface area contributed by atoms with E-state index < -0.39 is 291 Å². The number of carbonyl (C=O) groups is 20. The predicted molar refractivity (Wildman–Crippen MR) is 499 cm³/mol. The van der Waals surface area contributed by atoms with Crippen molar-refractivity contribution in [1.82, 2.24) is 91.9 Å². The van der Waals surface area contributed by atoms with E-state index in [0.717, 1.165) is 31.5 Å². The van der Waals surface area contributed by atoms with Crippen LogP contribution in [0, 0.1) is 5.92 Å². The summed E-state index contributed by atoms with van der Waals surface area (Å²) in [5, 5.41) is 76.1. The van der Waals surface area contributed by atoms with Crippen LogP contribution in [0.5, 0.6) is 5.75 Å². The van der Waals surface area contributed by atoms with Crippen LogP contribution in [0.25, 0.3) is 21.8 Å². The molecule has 3 saturated heterocycles. The number of primary amides is 2. The van der Waals surface area contributed by atoms with Gasteiger partial charge in [0.1, 0.15) is 84.8 Å². The van der Waals surface area contributed by atoms with Crippen LogP contribution in [0.4, 0.5) is 0 Å². The summed E-state index contributed by atoms with van der Waals surface area (Å²) in [6, 6.07) is -3.11. The minimum atomic E-state index is -2.06. The number of imidazole rings is 1. The molecule has 3 aliphatic heterocycles. The normalized spacial score (nSPS) is 24.4. The molecule has 0 radical (unpaired) electrons. The van der Waals surface area contributed by atoms with Gasteiger partial charge >= 0.3 is 17.9 Å². The van der Waals surface area contributed by atoms with Crippen LogP contribution in [0.2, 0.25) is 0 Å². The number of unbranched alkanes of at least 4 members (excludes halogenated alkanes) is 2. The summed E-state index contributed by atoms with van der Waals surface area (Å²) in [4.78, 5) is 303. The molecule has 0 bridgehead atoms. The highest BCUT2D eigenvalue weighted by Crippen LogP contribution is 2.31. The van der Waals surface area contributed by atoms with Crippen molar-refractivity contribution in [2.24, 2.45) is 23.1 Å². The number of nitrogens with zero attached hydrogens (tertiary/aromatic N) is 7. The summed E-state index contributed by atoms with van der Waals surface area (Å²) < 4.78 is 1.40. The number of hydrogen-bond donors (Lipinski definition) is 19. The van der Waals surface area contributed by atoms with Gasteiger partial charge < -0.3 is 130 Å². The van der Waals surface area contributed by atoms with E-state index >= 15 is 38.4 Å². The van der Waals surface area contributed by atoms with Crippen LogP contribution in [0.3, 0.4) is 0 Å². The van der Waals surface area contributed by atoms with Gasteiger partial charge in [-0.15, -0.1) is 11.8 Å². The molecule has 3 fully saturated rings. The number of likely N-dealkylation sites (N-methyl/N-ethyl adjacent to an activating group) is 3. The Bertz CT molecular complexity index is 5480. The number of nitrogens with two attached hydrogens (primary N) is 3. The first-order chi connectivity index (χ1) is 66.1. The van der Waals surface area contributed by atoms with Crippen molar-refractivity contribution < 1.29 is 121 Å². The third-order valence-corrected chi connectivity index (χ3v) is 25.8. The third kappa shape index (κ3) is 30.1.